The number of oxazole rings is 1. The number of anilines is 1. The van der Waals surface area contributed by atoms with Gasteiger partial charge in [-0.3, -0.25) is 9.69 Å². The van der Waals surface area contributed by atoms with Gasteiger partial charge in [-0.1, -0.05) is 12.1 Å². The third kappa shape index (κ3) is 7.10. The Morgan fingerprint density at radius 1 is 1.08 bits per heavy atom. The van der Waals surface area contributed by atoms with Crippen LogP contribution in [0, 0.1) is 13.8 Å². The SMILES string of the molecule is CCOc1ccc(-c2nc(CCCC(=O)NCCN3CCN(c4cccc(C)c4)CC3)c(C)o2)cc1. The van der Waals surface area contributed by atoms with E-state index in [9.17, 15) is 4.79 Å². The first-order valence-corrected chi connectivity index (χ1v) is 13.0. The van der Waals surface area contributed by atoms with Gasteiger partial charge in [0.15, 0.2) is 0 Å². The van der Waals surface area contributed by atoms with Crippen LogP contribution in [0.2, 0.25) is 0 Å². The molecule has 0 spiro atoms. The van der Waals surface area contributed by atoms with Gasteiger partial charge in [-0.2, -0.15) is 0 Å². The number of nitrogens with zero attached hydrogens (tertiary/aromatic N) is 3. The molecule has 1 aliphatic rings. The van der Waals surface area contributed by atoms with Crippen molar-refractivity contribution < 1.29 is 13.9 Å². The lowest BCUT2D eigenvalue weighted by molar-refractivity contribution is -0.121. The monoisotopic (exact) mass is 490 g/mol. The van der Waals surface area contributed by atoms with Crippen LogP contribution in [0.4, 0.5) is 5.69 Å². The average molecular weight is 491 g/mol. The molecule has 4 rings (SSSR count). The Hall–Kier alpha value is -3.32. The first-order chi connectivity index (χ1) is 17.5. The summed E-state index contributed by atoms with van der Waals surface area (Å²) in [5.41, 5.74) is 4.43. The molecule has 192 valence electrons. The van der Waals surface area contributed by atoms with Crippen LogP contribution < -0.4 is 15.0 Å². The number of ether oxygens (including phenoxy) is 1. The Balaban J connectivity index is 1.13. The van der Waals surface area contributed by atoms with Crippen LogP contribution in [0.3, 0.4) is 0 Å². The van der Waals surface area contributed by atoms with Gasteiger partial charge in [0.1, 0.15) is 11.5 Å². The zero-order chi connectivity index (χ0) is 25.3. The summed E-state index contributed by atoms with van der Waals surface area (Å²) in [5.74, 6) is 2.35. The van der Waals surface area contributed by atoms with Gasteiger partial charge in [0.2, 0.25) is 11.8 Å². The van der Waals surface area contributed by atoms with Gasteiger partial charge in [0.25, 0.3) is 0 Å². The second-order valence-corrected chi connectivity index (χ2v) is 9.35. The first-order valence-electron chi connectivity index (χ1n) is 13.0. The molecule has 0 saturated carbocycles. The van der Waals surface area contributed by atoms with E-state index >= 15 is 0 Å². The van der Waals surface area contributed by atoms with Gasteiger partial charge in [-0.15, -0.1) is 0 Å². The van der Waals surface area contributed by atoms with Crippen LogP contribution in [0.1, 0.15) is 36.8 Å². The summed E-state index contributed by atoms with van der Waals surface area (Å²) in [7, 11) is 0. The molecular weight excluding hydrogens is 452 g/mol. The van der Waals surface area contributed by atoms with Crippen molar-refractivity contribution >= 4 is 11.6 Å². The Morgan fingerprint density at radius 2 is 1.86 bits per heavy atom. The molecule has 2 aromatic carbocycles. The number of piperazine rings is 1. The zero-order valence-corrected chi connectivity index (χ0v) is 21.8. The van der Waals surface area contributed by atoms with Gasteiger partial charge in [-0.05, 0) is 75.6 Å². The highest BCUT2D eigenvalue weighted by Crippen LogP contribution is 2.25. The third-order valence-corrected chi connectivity index (χ3v) is 6.61. The molecule has 7 heteroatoms. The van der Waals surface area contributed by atoms with Gasteiger partial charge in [0, 0.05) is 56.9 Å². The van der Waals surface area contributed by atoms with Gasteiger partial charge in [0.05, 0.1) is 12.3 Å². The molecular formula is C29H38N4O3. The smallest absolute Gasteiger partial charge is 0.226 e. The van der Waals surface area contributed by atoms with Crippen molar-refractivity contribution in [2.75, 3.05) is 50.8 Å². The lowest BCUT2D eigenvalue weighted by Gasteiger charge is -2.36. The van der Waals surface area contributed by atoms with Crippen molar-refractivity contribution in [1.29, 1.82) is 0 Å². The van der Waals surface area contributed by atoms with Crippen LogP contribution in [0.5, 0.6) is 5.75 Å². The lowest BCUT2D eigenvalue weighted by atomic mass is 10.1. The minimum atomic E-state index is 0.0984. The molecule has 1 amide bonds. The predicted octanol–water partition coefficient (Wildman–Crippen LogP) is 4.62. The molecule has 0 unspecified atom stereocenters. The maximum absolute atomic E-state index is 12.3. The van der Waals surface area contributed by atoms with E-state index in [1.807, 2.05) is 38.1 Å². The summed E-state index contributed by atoms with van der Waals surface area (Å²) in [5, 5.41) is 3.08. The molecule has 0 bridgehead atoms. The fourth-order valence-corrected chi connectivity index (χ4v) is 4.56. The van der Waals surface area contributed by atoms with Crippen molar-refractivity contribution in [3.8, 4) is 17.2 Å². The number of aryl methyl sites for hydroxylation is 3. The zero-order valence-electron chi connectivity index (χ0n) is 21.8. The number of rotatable bonds is 11. The molecule has 0 atom stereocenters. The van der Waals surface area contributed by atoms with Crippen molar-refractivity contribution in [3.63, 3.8) is 0 Å². The van der Waals surface area contributed by atoms with Gasteiger partial charge in [-0.25, -0.2) is 4.98 Å². The number of carbonyl (C=O) groups is 1. The van der Waals surface area contributed by atoms with Gasteiger partial charge < -0.3 is 19.4 Å². The molecule has 3 aromatic rings. The molecule has 7 nitrogen and oxygen atoms in total. The predicted molar refractivity (Wildman–Crippen MR) is 144 cm³/mol. The molecule has 1 aliphatic heterocycles. The number of hydrogen-bond donors (Lipinski definition) is 1. The van der Waals surface area contributed by atoms with Crippen molar-refractivity contribution in [2.24, 2.45) is 0 Å². The summed E-state index contributed by atoms with van der Waals surface area (Å²) < 4.78 is 11.4. The van der Waals surface area contributed by atoms with E-state index < -0.39 is 0 Å². The maximum atomic E-state index is 12.3. The third-order valence-electron chi connectivity index (χ3n) is 6.61. The topological polar surface area (TPSA) is 70.8 Å². The summed E-state index contributed by atoms with van der Waals surface area (Å²) in [6, 6.07) is 16.4. The largest absolute Gasteiger partial charge is 0.494 e. The fourth-order valence-electron chi connectivity index (χ4n) is 4.56. The van der Waals surface area contributed by atoms with Crippen LogP contribution in [-0.2, 0) is 11.2 Å². The van der Waals surface area contributed by atoms with Crippen LogP contribution in [-0.4, -0.2) is 61.7 Å². The summed E-state index contributed by atoms with van der Waals surface area (Å²) in [6.45, 7) is 12.3. The average Bonchev–Trinajstić information content (AvgIpc) is 3.25. The summed E-state index contributed by atoms with van der Waals surface area (Å²) in [6.07, 6.45) is 1.96. The molecule has 1 fully saturated rings. The first kappa shape index (κ1) is 25.8. The Labute approximate surface area is 214 Å². The highest BCUT2D eigenvalue weighted by atomic mass is 16.5. The van der Waals surface area contributed by atoms with E-state index in [2.05, 4.69) is 51.3 Å². The lowest BCUT2D eigenvalue weighted by Crippen LogP contribution is -2.48. The van der Waals surface area contributed by atoms with Crippen molar-refractivity contribution in [3.05, 3.63) is 65.5 Å². The van der Waals surface area contributed by atoms with Crippen LogP contribution >= 0.6 is 0 Å². The van der Waals surface area contributed by atoms with E-state index in [0.29, 0.717) is 25.5 Å². The van der Waals surface area contributed by atoms with Gasteiger partial charge >= 0.3 is 0 Å². The Kier molecular flexibility index (Phi) is 9.01. The minimum Gasteiger partial charge on any atom is -0.494 e. The van der Waals surface area contributed by atoms with E-state index in [1.54, 1.807) is 0 Å². The Morgan fingerprint density at radius 3 is 2.58 bits per heavy atom. The van der Waals surface area contributed by atoms with E-state index in [-0.39, 0.29) is 5.91 Å². The van der Waals surface area contributed by atoms with E-state index in [0.717, 1.165) is 68.3 Å². The van der Waals surface area contributed by atoms with E-state index in [1.165, 1.54) is 11.3 Å². The standard InChI is InChI=1S/C29H38N4O3/c1-4-35-26-13-11-24(12-14-26)29-31-27(23(3)36-29)9-6-10-28(34)30-15-16-32-17-19-33(20-18-32)25-8-5-7-22(2)21-25/h5,7-8,11-14,21H,4,6,9-10,15-20H2,1-3H3,(H,30,34). The highest BCUT2D eigenvalue weighted by molar-refractivity contribution is 5.75. The minimum absolute atomic E-state index is 0.0984. The summed E-state index contributed by atoms with van der Waals surface area (Å²) in [4.78, 5) is 21.9. The quantitative estimate of drug-likeness (QED) is 0.423. The highest BCUT2D eigenvalue weighted by Gasteiger charge is 2.17. The Bertz CT molecular complexity index is 1120. The summed E-state index contributed by atoms with van der Waals surface area (Å²) >= 11 is 0. The van der Waals surface area contributed by atoms with Crippen LogP contribution in [0.25, 0.3) is 11.5 Å². The number of aromatic nitrogens is 1. The van der Waals surface area contributed by atoms with Crippen molar-refractivity contribution in [2.45, 2.75) is 40.0 Å². The number of amides is 1. The fraction of sp³-hybridized carbons (Fsp3) is 0.448. The van der Waals surface area contributed by atoms with Crippen LogP contribution in [0.15, 0.2) is 52.9 Å². The second kappa shape index (κ2) is 12.6. The maximum Gasteiger partial charge on any atom is 0.226 e. The molecule has 0 aliphatic carbocycles. The molecule has 1 saturated heterocycles. The number of nitrogens with one attached hydrogen (secondary N) is 1. The molecule has 1 aromatic heterocycles. The normalized spacial score (nSPS) is 14.1. The molecule has 2 heterocycles. The number of benzene rings is 2. The number of carbonyl (C=O) groups excluding carboxylic acids is 1. The van der Waals surface area contributed by atoms with E-state index in [4.69, 9.17) is 9.15 Å². The molecule has 1 N–H and O–H groups in total. The molecule has 0 radical (unpaired) electrons. The van der Waals surface area contributed by atoms with Crippen molar-refractivity contribution in [1.82, 2.24) is 15.2 Å². The number of hydrogen-bond acceptors (Lipinski definition) is 6. The second-order valence-electron chi connectivity index (χ2n) is 9.35. The molecule has 36 heavy (non-hydrogen) atoms.